The lowest BCUT2D eigenvalue weighted by Gasteiger charge is -2.13. The summed E-state index contributed by atoms with van der Waals surface area (Å²) in [5.41, 5.74) is 7.05. The Kier molecular flexibility index (Phi) is 3.49. The molecule has 0 spiro atoms. The fourth-order valence-corrected chi connectivity index (χ4v) is 1.12. The average Bonchev–Trinajstić information content (AvgIpc) is 2.22. The molecule has 0 saturated heterocycles. The molecule has 5 heteroatoms. The summed E-state index contributed by atoms with van der Waals surface area (Å²) in [5.74, 6) is 0.158. The molecule has 0 radical (unpaired) electrons. The molecule has 15 heavy (non-hydrogen) atoms. The summed E-state index contributed by atoms with van der Waals surface area (Å²) in [4.78, 5) is 15.3. The van der Waals surface area contributed by atoms with Crippen molar-refractivity contribution >= 4 is 17.5 Å². The number of ether oxygens (including phenoxy) is 1. The number of anilines is 2. The number of aromatic nitrogens is 1. The third-order valence-electron chi connectivity index (χ3n) is 1.97. The van der Waals surface area contributed by atoms with Gasteiger partial charge in [0.2, 0.25) is 0 Å². The molecule has 1 heterocycles. The molecule has 1 rings (SSSR count). The monoisotopic (exact) mass is 209 g/mol. The number of methoxy groups -OCH3 is 1. The number of nitrogen functional groups attached to an aromatic ring is 1. The predicted octanol–water partition coefficient (Wildman–Crippen LogP) is 0.946. The standard InChI is InChI=1S/C10H15N3O2/c1-6-4-5-8(11)9(12-6)13-7(2)10(14)15-3/h4-5,7H,11H2,1-3H3,(H,12,13). The normalized spacial score (nSPS) is 11.9. The summed E-state index contributed by atoms with van der Waals surface area (Å²) in [5, 5.41) is 2.89. The van der Waals surface area contributed by atoms with Gasteiger partial charge in [-0.25, -0.2) is 9.78 Å². The highest BCUT2D eigenvalue weighted by Gasteiger charge is 2.14. The number of nitrogens with zero attached hydrogens (tertiary/aromatic N) is 1. The Labute approximate surface area is 88.6 Å². The molecular weight excluding hydrogens is 194 g/mol. The van der Waals surface area contributed by atoms with Crippen molar-refractivity contribution in [3.63, 3.8) is 0 Å². The van der Waals surface area contributed by atoms with Gasteiger partial charge in [-0.15, -0.1) is 0 Å². The van der Waals surface area contributed by atoms with Crippen molar-refractivity contribution < 1.29 is 9.53 Å². The Morgan fingerprint density at radius 3 is 2.87 bits per heavy atom. The quantitative estimate of drug-likeness (QED) is 0.724. The molecule has 0 aromatic carbocycles. The molecule has 0 aliphatic heterocycles. The van der Waals surface area contributed by atoms with Crippen LogP contribution in [0.4, 0.5) is 11.5 Å². The largest absolute Gasteiger partial charge is 0.467 e. The van der Waals surface area contributed by atoms with E-state index in [0.29, 0.717) is 11.5 Å². The van der Waals surface area contributed by atoms with Crippen LogP contribution >= 0.6 is 0 Å². The highest BCUT2D eigenvalue weighted by atomic mass is 16.5. The van der Waals surface area contributed by atoms with Crippen LogP contribution in [0.1, 0.15) is 12.6 Å². The van der Waals surface area contributed by atoms with E-state index >= 15 is 0 Å². The molecule has 1 unspecified atom stereocenters. The second-order valence-corrected chi connectivity index (χ2v) is 3.28. The van der Waals surface area contributed by atoms with E-state index in [9.17, 15) is 4.79 Å². The van der Waals surface area contributed by atoms with Gasteiger partial charge < -0.3 is 15.8 Å². The fraction of sp³-hybridized carbons (Fsp3) is 0.400. The molecule has 0 aliphatic rings. The number of pyridine rings is 1. The highest BCUT2D eigenvalue weighted by molar-refractivity contribution is 5.79. The first-order chi connectivity index (χ1) is 7.04. The Hall–Kier alpha value is -1.78. The third kappa shape index (κ3) is 2.83. The molecule has 0 bridgehead atoms. The van der Waals surface area contributed by atoms with Crippen molar-refractivity contribution in [2.24, 2.45) is 0 Å². The first kappa shape index (κ1) is 11.3. The molecule has 0 saturated carbocycles. The number of nitrogens with two attached hydrogens (primary N) is 1. The van der Waals surface area contributed by atoms with Gasteiger partial charge in [-0.3, -0.25) is 0 Å². The van der Waals surface area contributed by atoms with Crippen LogP contribution in [0.25, 0.3) is 0 Å². The number of carbonyl (C=O) groups is 1. The minimum Gasteiger partial charge on any atom is -0.467 e. The number of rotatable bonds is 3. The van der Waals surface area contributed by atoms with E-state index in [-0.39, 0.29) is 5.97 Å². The Morgan fingerprint density at radius 2 is 2.27 bits per heavy atom. The first-order valence-corrected chi connectivity index (χ1v) is 4.62. The molecule has 0 aliphatic carbocycles. The van der Waals surface area contributed by atoms with Gasteiger partial charge >= 0.3 is 5.97 Å². The van der Waals surface area contributed by atoms with Gasteiger partial charge in [-0.05, 0) is 26.0 Å². The van der Waals surface area contributed by atoms with Crippen molar-refractivity contribution in [1.82, 2.24) is 4.98 Å². The maximum Gasteiger partial charge on any atom is 0.328 e. The first-order valence-electron chi connectivity index (χ1n) is 4.62. The maximum atomic E-state index is 11.2. The summed E-state index contributed by atoms with van der Waals surface area (Å²) in [6.07, 6.45) is 0. The number of nitrogens with one attached hydrogen (secondary N) is 1. The van der Waals surface area contributed by atoms with Crippen LogP contribution in [0.15, 0.2) is 12.1 Å². The topological polar surface area (TPSA) is 77.2 Å². The highest BCUT2D eigenvalue weighted by Crippen LogP contribution is 2.16. The Morgan fingerprint density at radius 1 is 1.60 bits per heavy atom. The van der Waals surface area contributed by atoms with Gasteiger partial charge in [0.25, 0.3) is 0 Å². The van der Waals surface area contributed by atoms with Crippen LogP contribution in [0.5, 0.6) is 0 Å². The summed E-state index contributed by atoms with van der Waals surface area (Å²) >= 11 is 0. The van der Waals surface area contributed by atoms with E-state index in [0.717, 1.165) is 5.69 Å². The molecular formula is C10H15N3O2. The fourth-order valence-electron chi connectivity index (χ4n) is 1.12. The van der Waals surface area contributed by atoms with E-state index in [2.05, 4.69) is 15.0 Å². The van der Waals surface area contributed by atoms with Crippen LogP contribution in [0.3, 0.4) is 0 Å². The zero-order valence-corrected chi connectivity index (χ0v) is 9.07. The number of hydrogen-bond donors (Lipinski definition) is 2. The number of hydrogen-bond acceptors (Lipinski definition) is 5. The smallest absolute Gasteiger partial charge is 0.328 e. The lowest BCUT2D eigenvalue weighted by Crippen LogP contribution is -2.28. The van der Waals surface area contributed by atoms with Gasteiger partial charge in [0.05, 0.1) is 12.8 Å². The van der Waals surface area contributed by atoms with Crippen LogP contribution < -0.4 is 11.1 Å². The van der Waals surface area contributed by atoms with Crippen molar-refractivity contribution in [3.05, 3.63) is 17.8 Å². The Balaban J connectivity index is 2.80. The minimum atomic E-state index is -0.466. The molecule has 82 valence electrons. The van der Waals surface area contributed by atoms with Gasteiger partial charge in [0, 0.05) is 5.69 Å². The molecule has 0 fully saturated rings. The summed E-state index contributed by atoms with van der Waals surface area (Å²) in [6.45, 7) is 3.54. The molecule has 1 aromatic heterocycles. The number of carbonyl (C=O) groups excluding carboxylic acids is 1. The van der Waals surface area contributed by atoms with E-state index < -0.39 is 6.04 Å². The molecule has 1 atom stereocenters. The number of aryl methyl sites for hydroxylation is 1. The van der Waals surface area contributed by atoms with Crippen LogP contribution in [-0.4, -0.2) is 24.1 Å². The van der Waals surface area contributed by atoms with E-state index in [1.807, 2.05) is 13.0 Å². The van der Waals surface area contributed by atoms with E-state index in [1.165, 1.54) is 7.11 Å². The third-order valence-corrected chi connectivity index (χ3v) is 1.97. The lowest BCUT2D eigenvalue weighted by molar-refractivity contribution is -0.141. The van der Waals surface area contributed by atoms with E-state index in [4.69, 9.17) is 5.73 Å². The number of esters is 1. The average molecular weight is 209 g/mol. The molecule has 0 amide bonds. The van der Waals surface area contributed by atoms with Crippen LogP contribution in [0, 0.1) is 6.92 Å². The van der Waals surface area contributed by atoms with Crippen molar-refractivity contribution in [3.8, 4) is 0 Å². The predicted molar refractivity (Wildman–Crippen MR) is 58.5 cm³/mol. The minimum absolute atomic E-state index is 0.349. The van der Waals surface area contributed by atoms with Crippen molar-refractivity contribution in [2.45, 2.75) is 19.9 Å². The van der Waals surface area contributed by atoms with E-state index in [1.54, 1.807) is 13.0 Å². The van der Waals surface area contributed by atoms with Crippen molar-refractivity contribution in [2.75, 3.05) is 18.2 Å². The van der Waals surface area contributed by atoms with Gasteiger partial charge in [0.1, 0.15) is 11.9 Å². The molecule has 1 aromatic rings. The molecule has 3 N–H and O–H groups in total. The Bertz CT molecular complexity index is 366. The summed E-state index contributed by atoms with van der Waals surface area (Å²) in [6, 6.07) is 3.09. The van der Waals surface area contributed by atoms with Crippen LogP contribution in [0.2, 0.25) is 0 Å². The molecule has 5 nitrogen and oxygen atoms in total. The lowest BCUT2D eigenvalue weighted by atomic mass is 10.3. The second kappa shape index (κ2) is 4.63. The van der Waals surface area contributed by atoms with Crippen LogP contribution in [-0.2, 0) is 9.53 Å². The van der Waals surface area contributed by atoms with Gasteiger partial charge in [-0.1, -0.05) is 0 Å². The van der Waals surface area contributed by atoms with Crippen molar-refractivity contribution in [1.29, 1.82) is 0 Å². The maximum absolute atomic E-state index is 11.2. The van der Waals surface area contributed by atoms with Gasteiger partial charge in [0.15, 0.2) is 0 Å². The second-order valence-electron chi connectivity index (χ2n) is 3.28. The zero-order valence-electron chi connectivity index (χ0n) is 9.07. The summed E-state index contributed by atoms with van der Waals surface area (Å²) < 4.78 is 4.58. The van der Waals surface area contributed by atoms with Gasteiger partial charge in [-0.2, -0.15) is 0 Å². The zero-order chi connectivity index (χ0) is 11.4. The summed E-state index contributed by atoms with van der Waals surface area (Å²) in [7, 11) is 1.34. The SMILES string of the molecule is COC(=O)C(C)Nc1nc(C)ccc1N.